The van der Waals surface area contributed by atoms with Crippen molar-refractivity contribution in [1.29, 1.82) is 0 Å². The summed E-state index contributed by atoms with van der Waals surface area (Å²) in [6.07, 6.45) is 3.34. The van der Waals surface area contributed by atoms with Crippen LogP contribution in [0.25, 0.3) is 11.5 Å². The molecule has 4 nitrogen and oxygen atoms in total. The molecule has 66 valence electrons. The number of hydrogen-bond acceptors (Lipinski definition) is 4. The zero-order chi connectivity index (χ0) is 9.10. The Kier molecular flexibility index (Phi) is 2.35. The molecular formula is C8H6BrN3O. The number of halogens is 1. The smallest absolute Gasteiger partial charge is 0.181 e. The molecule has 0 amide bonds. The van der Waals surface area contributed by atoms with E-state index in [1.54, 1.807) is 18.5 Å². The molecule has 0 aliphatic carbocycles. The van der Waals surface area contributed by atoms with Gasteiger partial charge < -0.3 is 4.52 Å². The van der Waals surface area contributed by atoms with Gasteiger partial charge in [0.2, 0.25) is 0 Å². The standard InChI is InChI=1S/C8H6BrN3O/c9-5-6-4-7(12-13-6)8-10-2-1-3-11-8/h1-4H,5H2. The van der Waals surface area contributed by atoms with Gasteiger partial charge in [-0.1, -0.05) is 21.1 Å². The van der Waals surface area contributed by atoms with Gasteiger partial charge in [-0.05, 0) is 6.07 Å². The quantitative estimate of drug-likeness (QED) is 0.753. The van der Waals surface area contributed by atoms with Crippen LogP contribution in [0, 0.1) is 0 Å². The van der Waals surface area contributed by atoms with E-state index in [2.05, 4.69) is 31.1 Å². The SMILES string of the molecule is BrCc1cc(-c2ncccn2)no1. The van der Waals surface area contributed by atoms with E-state index < -0.39 is 0 Å². The molecule has 0 aliphatic heterocycles. The number of alkyl halides is 1. The summed E-state index contributed by atoms with van der Waals surface area (Å²) in [5.74, 6) is 1.35. The highest BCUT2D eigenvalue weighted by Gasteiger charge is 2.06. The predicted molar refractivity (Wildman–Crippen MR) is 50.2 cm³/mol. The summed E-state index contributed by atoms with van der Waals surface area (Å²) in [5.41, 5.74) is 0.662. The third kappa shape index (κ3) is 1.75. The minimum atomic E-state index is 0.582. The van der Waals surface area contributed by atoms with Crippen molar-refractivity contribution in [2.24, 2.45) is 0 Å². The third-order valence-electron chi connectivity index (χ3n) is 1.49. The molecule has 0 radical (unpaired) electrons. The second-order valence-electron chi connectivity index (χ2n) is 2.38. The van der Waals surface area contributed by atoms with E-state index in [1.165, 1.54) is 0 Å². The predicted octanol–water partition coefficient (Wildman–Crippen LogP) is 2.03. The Labute approximate surface area is 83.1 Å². The Balaban J connectivity index is 2.36. The highest BCUT2D eigenvalue weighted by atomic mass is 79.9. The molecule has 0 bridgehead atoms. The monoisotopic (exact) mass is 239 g/mol. The maximum atomic E-state index is 4.99. The Morgan fingerprint density at radius 1 is 1.31 bits per heavy atom. The molecule has 0 saturated heterocycles. The van der Waals surface area contributed by atoms with Crippen molar-refractivity contribution in [3.8, 4) is 11.5 Å². The third-order valence-corrected chi connectivity index (χ3v) is 2.04. The van der Waals surface area contributed by atoms with E-state index >= 15 is 0 Å². The molecule has 0 fully saturated rings. The average Bonchev–Trinajstić information content (AvgIpc) is 2.67. The van der Waals surface area contributed by atoms with Crippen LogP contribution in [0.1, 0.15) is 5.76 Å². The molecule has 0 unspecified atom stereocenters. The topological polar surface area (TPSA) is 51.8 Å². The second kappa shape index (κ2) is 3.66. The number of hydrogen-bond donors (Lipinski definition) is 0. The lowest BCUT2D eigenvalue weighted by atomic mass is 10.3. The minimum Gasteiger partial charge on any atom is -0.360 e. The summed E-state index contributed by atoms with van der Waals surface area (Å²) in [4.78, 5) is 8.10. The van der Waals surface area contributed by atoms with Gasteiger partial charge in [0, 0.05) is 18.5 Å². The number of rotatable bonds is 2. The summed E-state index contributed by atoms with van der Waals surface area (Å²) >= 11 is 3.27. The van der Waals surface area contributed by atoms with Gasteiger partial charge >= 0.3 is 0 Å². The molecule has 5 heteroatoms. The molecule has 0 atom stereocenters. The Hall–Kier alpha value is -1.23. The molecule has 0 spiro atoms. The fourth-order valence-electron chi connectivity index (χ4n) is 0.913. The normalized spacial score (nSPS) is 10.2. The van der Waals surface area contributed by atoms with Crippen LogP contribution >= 0.6 is 15.9 Å². The highest BCUT2D eigenvalue weighted by molar-refractivity contribution is 9.08. The van der Waals surface area contributed by atoms with Crippen molar-refractivity contribution in [2.75, 3.05) is 0 Å². The first kappa shape index (κ1) is 8.37. The molecule has 0 saturated carbocycles. The minimum absolute atomic E-state index is 0.582. The fourth-order valence-corrected chi connectivity index (χ4v) is 1.18. The Bertz CT molecular complexity index is 387. The van der Waals surface area contributed by atoms with Crippen molar-refractivity contribution in [3.05, 3.63) is 30.3 Å². The van der Waals surface area contributed by atoms with Crippen molar-refractivity contribution in [3.63, 3.8) is 0 Å². The van der Waals surface area contributed by atoms with Crippen LogP contribution in [0.15, 0.2) is 29.0 Å². The maximum Gasteiger partial charge on any atom is 0.181 e. The van der Waals surface area contributed by atoms with Gasteiger partial charge in [0.05, 0.1) is 5.33 Å². The first-order valence-corrected chi connectivity index (χ1v) is 4.81. The van der Waals surface area contributed by atoms with Gasteiger partial charge in [0.25, 0.3) is 0 Å². The van der Waals surface area contributed by atoms with Crippen LogP contribution in [0.5, 0.6) is 0 Å². The molecule has 2 rings (SSSR count). The molecule has 2 aromatic rings. The van der Waals surface area contributed by atoms with Gasteiger partial charge in [-0.15, -0.1) is 0 Å². The lowest BCUT2D eigenvalue weighted by molar-refractivity contribution is 0.397. The average molecular weight is 240 g/mol. The van der Waals surface area contributed by atoms with Crippen LogP contribution in [-0.4, -0.2) is 15.1 Å². The van der Waals surface area contributed by atoms with Crippen LogP contribution < -0.4 is 0 Å². The lowest BCUT2D eigenvalue weighted by Gasteiger charge is -1.88. The van der Waals surface area contributed by atoms with Crippen LogP contribution in [-0.2, 0) is 5.33 Å². The van der Waals surface area contributed by atoms with E-state index in [0.29, 0.717) is 16.8 Å². The summed E-state index contributed by atoms with van der Waals surface area (Å²) in [6, 6.07) is 3.57. The van der Waals surface area contributed by atoms with Gasteiger partial charge in [-0.25, -0.2) is 9.97 Å². The Morgan fingerprint density at radius 3 is 2.69 bits per heavy atom. The summed E-state index contributed by atoms with van der Waals surface area (Å²) in [6.45, 7) is 0. The fraction of sp³-hybridized carbons (Fsp3) is 0.125. The first-order chi connectivity index (χ1) is 6.40. The lowest BCUT2D eigenvalue weighted by Crippen LogP contribution is -1.85. The zero-order valence-electron chi connectivity index (χ0n) is 6.64. The molecule has 0 aliphatic rings. The van der Waals surface area contributed by atoms with Crippen molar-refractivity contribution in [2.45, 2.75) is 5.33 Å². The largest absolute Gasteiger partial charge is 0.360 e. The second-order valence-corrected chi connectivity index (χ2v) is 2.95. The van der Waals surface area contributed by atoms with Crippen molar-refractivity contribution in [1.82, 2.24) is 15.1 Å². The van der Waals surface area contributed by atoms with Gasteiger partial charge in [-0.3, -0.25) is 0 Å². The van der Waals surface area contributed by atoms with Gasteiger partial charge in [0.1, 0.15) is 5.76 Å². The summed E-state index contributed by atoms with van der Waals surface area (Å²) < 4.78 is 4.99. The van der Waals surface area contributed by atoms with E-state index in [0.717, 1.165) is 5.76 Å². The molecule has 2 aromatic heterocycles. The molecule has 2 heterocycles. The maximum absolute atomic E-state index is 4.99. The van der Waals surface area contributed by atoms with Gasteiger partial charge in [-0.2, -0.15) is 0 Å². The van der Waals surface area contributed by atoms with E-state index in [4.69, 9.17) is 4.52 Å². The Morgan fingerprint density at radius 2 is 2.08 bits per heavy atom. The molecular weight excluding hydrogens is 234 g/mol. The van der Waals surface area contributed by atoms with E-state index in [1.807, 2.05) is 6.07 Å². The number of nitrogens with zero attached hydrogens (tertiary/aromatic N) is 3. The zero-order valence-corrected chi connectivity index (χ0v) is 8.23. The summed E-state index contributed by atoms with van der Waals surface area (Å²) in [7, 11) is 0. The van der Waals surface area contributed by atoms with E-state index in [-0.39, 0.29) is 0 Å². The van der Waals surface area contributed by atoms with Crippen LogP contribution in [0.4, 0.5) is 0 Å². The van der Waals surface area contributed by atoms with Crippen molar-refractivity contribution >= 4 is 15.9 Å². The van der Waals surface area contributed by atoms with Crippen LogP contribution in [0.2, 0.25) is 0 Å². The van der Waals surface area contributed by atoms with Gasteiger partial charge in [0.15, 0.2) is 11.5 Å². The number of aromatic nitrogens is 3. The first-order valence-electron chi connectivity index (χ1n) is 3.69. The molecule has 0 N–H and O–H groups in total. The molecule has 13 heavy (non-hydrogen) atoms. The van der Waals surface area contributed by atoms with E-state index in [9.17, 15) is 0 Å². The summed E-state index contributed by atoms with van der Waals surface area (Å²) in [5, 5.41) is 4.47. The van der Waals surface area contributed by atoms with Crippen LogP contribution in [0.3, 0.4) is 0 Å². The highest BCUT2D eigenvalue weighted by Crippen LogP contribution is 2.15. The molecule has 0 aromatic carbocycles. The van der Waals surface area contributed by atoms with Crippen molar-refractivity contribution < 1.29 is 4.52 Å².